The molecule has 210 valence electrons. The summed E-state index contributed by atoms with van der Waals surface area (Å²) < 4.78 is 6.05. The van der Waals surface area contributed by atoms with Gasteiger partial charge in [0.05, 0.1) is 11.8 Å². The number of hydrogen-bond donors (Lipinski definition) is 1. The first-order valence-electron chi connectivity index (χ1n) is 14.1. The zero-order chi connectivity index (χ0) is 28.7. The molecule has 2 atom stereocenters. The molecule has 4 aliphatic rings. The summed E-state index contributed by atoms with van der Waals surface area (Å²) in [5.41, 5.74) is 6.23. The summed E-state index contributed by atoms with van der Waals surface area (Å²) in [5, 5.41) is 2.75. The molecule has 1 fully saturated rings. The molecule has 7 rings (SSSR count). The Labute approximate surface area is 247 Å². The fraction of sp³-hybridized carbons (Fsp3) is 0.333. The number of imide groups is 1. The molecule has 3 aromatic rings. The van der Waals surface area contributed by atoms with E-state index in [0.29, 0.717) is 31.5 Å². The summed E-state index contributed by atoms with van der Waals surface area (Å²) >= 11 is 3.39. The first kappa shape index (κ1) is 27.4. The summed E-state index contributed by atoms with van der Waals surface area (Å²) in [6.07, 6.45) is 2.01. The first-order chi connectivity index (χ1) is 19.8. The van der Waals surface area contributed by atoms with Crippen LogP contribution >= 0.6 is 15.9 Å². The number of likely N-dealkylation sites (tertiary alicyclic amines) is 1. The van der Waals surface area contributed by atoms with E-state index in [9.17, 15) is 19.2 Å². The van der Waals surface area contributed by atoms with Crippen LogP contribution in [0.4, 0.5) is 5.69 Å². The normalized spacial score (nSPS) is 21.8. The van der Waals surface area contributed by atoms with E-state index in [1.807, 2.05) is 43.3 Å². The number of anilines is 1. The number of ether oxygens (including phenoxy) is 1. The Morgan fingerprint density at radius 3 is 1.93 bits per heavy atom. The van der Waals surface area contributed by atoms with E-state index in [0.717, 1.165) is 10.0 Å². The molecular formula is C33H31BrN2O5. The van der Waals surface area contributed by atoms with Crippen molar-refractivity contribution >= 4 is 45.3 Å². The number of nitrogens with zero attached hydrogens (tertiary/aromatic N) is 1. The van der Waals surface area contributed by atoms with Crippen LogP contribution in [-0.4, -0.2) is 41.7 Å². The van der Waals surface area contributed by atoms with Gasteiger partial charge in [-0.1, -0.05) is 70.9 Å². The van der Waals surface area contributed by atoms with E-state index >= 15 is 0 Å². The number of nitrogens with one attached hydrogen (secondary N) is 1. The van der Waals surface area contributed by atoms with Gasteiger partial charge in [0.1, 0.15) is 0 Å². The van der Waals surface area contributed by atoms with Crippen molar-refractivity contribution in [1.82, 2.24) is 4.90 Å². The number of hydrogen-bond acceptors (Lipinski definition) is 5. The van der Waals surface area contributed by atoms with E-state index in [1.54, 1.807) is 6.07 Å². The molecule has 1 aliphatic heterocycles. The second kappa shape index (κ2) is 11.2. The molecule has 41 heavy (non-hydrogen) atoms. The number of halogens is 1. The molecule has 2 bridgehead atoms. The van der Waals surface area contributed by atoms with Crippen LogP contribution in [0.1, 0.15) is 65.3 Å². The molecule has 1 heterocycles. The molecule has 7 nitrogen and oxygen atoms in total. The molecule has 3 aromatic carbocycles. The Hall–Kier alpha value is -3.78. The Morgan fingerprint density at radius 1 is 0.829 bits per heavy atom. The fourth-order valence-electron chi connectivity index (χ4n) is 6.85. The maximum Gasteiger partial charge on any atom is 0.306 e. The third-order valence-electron chi connectivity index (χ3n) is 8.63. The molecular weight excluding hydrogens is 584 g/mol. The largest absolute Gasteiger partial charge is 0.456 e. The molecule has 8 heteroatoms. The van der Waals surface area contributed by atoms with Crippen LogP contribution in [-0.2, 0) is 23.9 Å². The molecule has 1 saturated heterocycles. The summed E-state index contributed by atoms with van der Waals surface area (Å²) in [7, 11) is 0. The van der Waals surface area contributed by atoms with Gasteiger partial charge in [-0.2, -0.15) is 0 Å². The quantitative estimate of drug-likeness (QED) is 0.190. The second-order valence-corrected chi connectivity index (χ2v) is 12.0. The van der Waals surface area contributed by atoms with E-state index in [-0.39, 0.29) is 48.5 Å². The van der Waals surface area contributed by atoms with Gasteiger partial charge in [0, 0.05) is 35.0 Å². The number of amides is 3. The van der Waals surface area contributed by atoms with Crippen LogP contribution in [0, 0.1) is 18.8 Å². The highest BCUT2D eigenvalue weighted by Crippen LogP contribution is 2.60. The fourth-order valence-corrected chi connectivity index (χ4v) is 7.32. The SMILES string of the molecule is Cc1cc(Br)ccc1NC(=O)COC(=O)CCCCCN1C(=O)[C@@H]2C3c4ccccc4C(c4ccccc43)[C@H]2C1=O. The first-order valence-corrected chi connectivity index (χ1v) is 14.9. The minimum Gasteiger partial charge on any atom is -0.456 e. The third-order valence-corrected chi connectivity index (χ3v) is 9.12. The highest BCUT2D eigenvalue weighted by Gasteiger charge is 2.61. The molecule has 0 spiro atoms. The number of unbranched alkanes of at least 4 members (excludes halogenated alkanes) is 2. The zero-order valence-electron chi connectivity index (χ0n) is 22.8. The topological polar surface area (TPSA) is 92.8 Å². The second-order valence-electron chi connectivity index (χ2n) is 11.1. The Balaban J connectivity index is 0.996. The van der Waals surface area contributed by atoms with Crippen molar-refractivity contribution in [1.29, 1.82) is 0 Å². The third kappa shape index (κ3) is 4.99. The van der Waals surface area contributed by atoms with Crippen LogP contribution in [0.25, 0.3) is 0 Å². The van der Waals surface area contributed by atoms with Crippen LogP contribution < -0.4 is 5.32 Å². The van der Waals surface area contributed by atoms with Crippen LogP contribution in [0.2, 0.25) is 0 Å². The lowest BCUT2D eigenvalue weighted by molar-refractivity contribution is -0.147. The van der Waals surface area contributed by atoms with Crippen molar-refractivity contribution in [3.63, 3.8) is 0 Å². The molecule has 0 radical (unpaired) electrons. The monoisotopic (exact) mass is 614 g/mol. The predicted octanol–water partition coefficient (Wildman–Crippen LogP) is 5.69. The zero-order valence-corrected chi connectivity index (χ0v) is 24.4. The van der Waals surface area contributed by atoms with Crippen LogP contribution in [0.3, 0.4) is 0 Å². The Kier molecular flexibility index (Phi) is 7.51. The number of rotatable bonds is 9. The standard InChI is InChI=1S/C33H31BrN2O5/c1-19-17-20(34)14-15-25(19)35-26(37)18-41-27(38)13-3-2-8-16-36-32(39)30-28-21-9-4-5-10-22(21)29(31(30)33(36)40)24-12-7-6-11-23(24)28/h4-7,9-12,14-15,17,28-31H,2-3,8,13,16,18H2,1H3,(H,35,37)/t28?,29?,30-,31-/m1/s1. The van der Waals surface area contributed by atoms with Crippen molar-refractivity contribution in [2.75, 3.05) is 18.5 Å². The van der Waals surface area contributed by atoms with Gasteiger partial charge in [0.25, 0.3) is 5.91 Å². The lowest BCUT2D eigenvalue weighted by Gasteiger charge is -2.45. The maximum absolute atomic E-state index is 13.6. The van der Waals surface area contributed by atoms with Crippen molar-refractivity contribution in [2.45, 2.75) is 44.4 Å². The van der Waals surface area contributed by atoms with E-state index in [4.69, 9.17) is 4.74 Å². The number of aryl methyl sites for hydroxylation is 1. The van der Waals surface area contributed by atoms with Gasteiger partial charge in [0.15, 0.2) is 6.61 Å². The molecule has 0 unspecified atom stereocenters. The number of benzene rings is 3. The number of esters is 1. The average Bonchev–Trinajstić information content (AvgIpc) is 3.23. The number of carbonyl (C=O) groups is 4. The van der Waals surface area contributed by atoms with Crippen molar-refractivity contribution in [3.8, 4) is 0 Å². The van der Waals surface area contributed by atoms with E-state index < -0.39 is 11.9 Å². The molecule has 0 saturated carbocycles. The van der Waals surface area contributed by atoms with Gasteiger partial charge in [-0.3, -0.25) is 24.1 Å². The highest BCUT2D eigenvalue weighted by atomic mass is 79.9. The minimum atomic E-state index is -0.445. The van der Waals surface area contributed by atoms with Crippen molar-refractivity contribution in [2.24, 2.45) is 11.8 Å². The van der Waals surface area contributed by atoms with Gasteiger partial charge in [0.2, 0.25) is 11.8 Å². The minimum absolute atomic E-state index is 0.0783. The molecule has 3 aliphatic carbocycles. The average molecular weight is 616 g/mol. The van der Waals surface area contributed by atoms with Crippen LogP contribution in [0.5, 0.6) is 0 Å². The summed E-state index contributed by atoms with van der Waals surface area (Å²) in [5.74, 6) is -1.92. The summed E-state index contributed by atoms with van der Waals surface area (Å²) in [6.45, 7) is 1.88. The van der Waals surface area contributed by atoms with Gasteiger partial charge in [-0.05, 0) is 65.8 Å². The van der Waals surface area contributed by atoms with E-state index in [2.05, 4.69) is 45.5 Å². The van der Waals surface area contributed by atoms with E-state index in [1.165, 1.54) is 27.2 Å². The van der Waals surface area contributed by atoms with Crippen LogP contribution in [0.15, 0.2) is 71.2 Å². The molecule has 3 amide bonds. The van der Waals surface area contributed by atoms with Gasteiger partial charge >= 0.3 is 5.97 Å². The Morgan fingerprint density at radius 2 is 1.39 bits per heavy atom. The lowest BCUT2D eigenvalue weighted by Crippen LogP contribution is -2.41. The van der Waals surface area contributed by atoms with Gasteiger partial charge in [-0.15, -0.1) is 0 Å². The molecule has 0 aromatic heterocycles. The van der Waals surface area contributed by atoms with Gasteiger partial charge in [-0.25, -0.2) is 0 Å². The van der Waals surface area contributed by atoms with Crippen molar-refractivity contribution in [3.05, 3.63) is 99.0 Å². The molecule has 1 N–H and O–H groups in total. The Bertz CT molecular complexity index is 1440. The predicted molar refractivity (Wildman–Crippen MR) is 157 cm³/mol. The smallest absolute Gasteiger partial charge is 0.306 e. The summed E-state index contributed by atoms with van der Waals surface area (Å²) in [6, 6.07) is 22.0. The lowest BCUT2D eigenvalue weighted by atomic mass is 9.55. The highest BCUT2D eigenvalue weighted by molar-refractivity contribution is 9.10. The number of carbonyl (C=O) groups excluding carboxylic acids is 4. The summed E-state index contributed by atoms with van der Waals surface area (Å²) in [4.78, 5) is 53.1. The maximum atomic E-state index is 13.6. The van der Waals surface area contributed by atoms with Gasteiger partial charge < -0.3 is 10.1 Å². The van der Waals surface area contributed by atoms with Crippen molar-refractivity contribution < 1.29 is 23.9 Å².